The second-order valence-electron chi connectivity index (χ2n) is 8.76. The summed E-state index contributed by atoms with van der Waals surface area (Å²) in [4.78, 5) is 28.4. The van der Waals surface area contributed by atoms with Crippen LogP contribution in [0.15, 0.2) is 42.5 Å². The highest BCUT2D eigenvalue weighted by Crippen LogP contribution is 2.26. The van der Waals surface area contributed by atoms with Gasteiger partial charge in [-0.05, 0) is 55.5 Å². The van der Waals surface area contributed by atoms with Crippen molar-refractivity contribution in [3.63, 3.8) is 0 Å². The molecule has 0 aliphatic rings. The quantitative estimate of drug-likeness (QED) is 0.397. The van der Waals surface area contributed by atoms with Crippen LogP contribution in [0, 0.1) is 0 Å². The first-order chi connectivity index (χ1) is 16.9. The molecule has 0 fully saturated rings. The first kappa shape index (κ1) is 29.9. The van der Waals surface area contributed by atoms with Crippen molar-refractivity contribution in [1.29, 1.82) is 0 Å². The summed E-state index contributed by atoms with van der Waals surface area (Å²) in [5.41, 5.74) is 1.92. The van der Waals surface area contributed by atoms with Gasteiger partial charge in [0, 0.05) is 12.6 Å². The lowest BCUT2D eigenvalue weighted by Gasteiger charge is -2.33. The highest BCUT2D eigenvalue weighted by Gasteiger charge is 2.32. The minimum Gasteiger partial charge on any atom is -0.352 e. The number of carbonyl (C=O) groups is 2. The lowest BCUT2D eigenvalue weighted by Crippen LogP contribution is -2.53. The molecule has 0 saturated carbocycles. The van der Waals surface area contributed by atoms with Crippen molar-refractivity contribution >= 4 is 50.7 Å². The predicted octanol–water partition coefficient (Wildman–Crippen LogP) is 5.04. The summed E-state index contributed by atoms with van der Waals surface area (Å²) in [6.45, 7) is 7.21. The molecule has 10 heteroatoms. The molecule has 2 atom stereocenters. The van der Waals surface area contributed by atoms with E-state index in [1.165, 1.54) is 4.90 Å². The molecule has 36 heavy (non-hydrogen) atoms. The predicted molar refractivity (Wildman–Crippen MR) is 147 cm³/mol. The molecule has 198 valence electrons. The largest absolute Gasteiger partial charge is 0.352 e. The van der Waals surface area contributed by atoms with Crippen LogP contribution in [-0.4, -0.2) is 50.0 Å². The lowest BCUT2D eigenvalue weighted by atomic mass is 10.1. The fourth-order valence-electron chi connectivity index (χ4n) is 3.84. The highest BCUT2D eigenvalue weighted by molar-refractivity contribution is 7.92. The fraction of sp³-hybridized carbons (Fsp3) is 0.462. The molecule has 0 bridgehead atoms. The van der Waals surface area contributed by atoms with Gasteiger partial charge in [0.15, 0.2) is 0 Å². The second kappa shape index (κ2) is 13.3. The van der Waals surface area contributed by atoms with Gasteiger partial charge in [0.2, 0.25) is 21.8 Å². The molecule has 1 N–H and O–H groups in total. The van der Waals surface area contributed by atoms with E-state index in [0.717, 1.165) is 22.5 Å². The molecule has 0 aliphatic heterocycles. The summed E-state index contributed by atoms with van der Waals surface area (Å²) in [5, 5.41) is 3.65. The van der Waals surface area contributed by atoms with Crippen molar-refractivity contribution < 1.29 is 18.0 Å². The van der Waals surface area contributed by atoms with E-state index in [1.807, 2.05) is 39.8 Å². The minimum absolute atomic E-state index is 0.0647. The van der Waals surface area contributed by atoms with Crippen LogP contribution in [0.4, 0.5) is 5.69 Å². The first-order valence-electron chi connectivity index (χ1n) is 12.0. The molecule has 0 spiro atoms. The number of aryl methyl sites for hydroxylation is 1. The molecule has 2 amide bonds. The van der Waals surface area contributed by atoms with Crippen molar-refractivity contribution in [3.8, 4) is 0 Å². The molecular weight excluding hydrogens is 521 g/mol. The third kappa shape index (κ3) is 7.85. The van der Waals surface area contributed by atoms with E-state index in [1.54, 1.807) is 30.3 Å². The number of hydrogen-bond acceptors (Lipinski definition) is 4. The maximum absolute atomic E-state index is 13.8. The van der Waals surface area contributed by atoms with Gasteiger partial charge in [0.05, 0.1) is 22.0 Å². The zero-order valence-corrected chi connectivity index (χ0v) is 23.8. The number of hydrogen-bond donors (Lipinski definition) is 1. The van der Waals surface area contributed by atoms with Crippen LogP contribution in [0.1, 0.15) is 51.7 Å². The van der Waals surface area contributed by atoms with Crippen LogP contribution in [0.2, 0.25) is 10.0 Å². The van der Waals surface area contributed by atoms with Crippen LogP contribution in [0.5, 0.6) is 0 Å². The molecular formula is C26H35Cl2N3O4S. The average molecular weight is 557 g/mol. The van der Waals surface area contributed by atoms with Gasteiger partial charge in [-0.3, -0.25) is 13.9 Å². The summed E-state index contributed by atoms with van der Waals surface area (Å²) in [7, 11) is -3.79. The van der Waals surface area contributed by atoms with E-state index in [2.05, 4.69) is 5.32 Å². The van der Waals surface area contributed by atoms with E-state index in [4.69, 9.17) is 23.2 Å². The molecule has 0 aromatic heterocycles. The van der Waals surface area contributed by atoms with Crippen molar-refractivity contribution in [1.82, 2.24) is 10.2 Å². The van der Waals surface area contributed by atoms with Crippen LogP contribution in [0.25, 0.3) is 0 Å². The molecule has 2 aromatic rings. The van der Waals surface area contributed by atoms with Gasteiger partial charge in [-0.2, -0.15) is 0 Å². The molecule has 0 radical (unpaired) electrons. The van der Waals surface area contributed by atoms with Gasteiger partial charge in [-0.15, -0.1) is 0 Å². The molecule has 7 nitrogen and oxygen atoms in total. The Hall–Kier alpha value is -2.29. The Bertz CT molecular complexity index is 1170. The average Bonchev–Trinajstić information content (AvgIpc) is 2.83. The SMILES string of the molecule is CCc1ccccc1N(CC(=O)N(Cc1ccc(Cl)c(Cl)c1)C(CC)C(=O)NC(C)CC)S(C)(=O)=O. The van der Waals surface area contributed by atoms with E-state index in [-0.39, 0.29) is 18.5 Å². The normalized spacial score (nSPS) is 13.1. The zero-order chi connectivity index (χ0) is 27.0. The molecule has 0 aliphatic carbocycles. The van der Waals surface area contributed by atoms with Gasteiger partial charge < -0.3 is 10.2 Å². The third-order valence-electron chi connectivity index (χ3n) is 6.04. The maximum Gasteiger partial charge on any atom is 0.244 e. The standard InChI is InChI=1S/C26H35Cl2N3O4S/c1-6-18(4)29-26(33)23(8-3)30(16-19-13-14-21(27)22(28)15-19)25(32)17-31(36(5,34)35)24-12-10-9-11-20(24)7-2/h9-15,18,23H,6-8,16-17H2,1-5H3,(H,29,33). The Morgan fingerprint density at radius 3 is 2.22 bits per heavy atom. The van der Waals surface area contributed by atoms with E-state index < -0.39 is 28.5 Å². The number of halogens is 2. The van der Waals surface area contributed by atoms with Gasteiger partial charge in [0.25, 0.3) is 0 Å². The number of benzene rings is 2. The van der Waals surface area contributed by atoms with E-state index in [9.17, 15) is 18.0 Å². The molecule has 0 heterocycles. The number of amides is 2. The number of carbonyl (C=O) groups excluding carboxylic acids is 2. The Balaban J connectivity index is 2.50. The monoisotopic (exact) mass is 555 g/mol. The number of anilines is 1. The Kier molecular flexibility index (Phi) is 11.1. The number of sulfonamides is 1. The van der Waals surface area contributed by atoms with Crippen molar-refractivity contribution in [2.45, 2.75) is 65.6 Å². The molecule has 2 unspecified atom stereocenters. The van der Waals surface area contributed by atoms with Gasteiger partial charge in [0.1, 0.15) is 12.6 Å². The Morgan fingerprint density at radius 2 is 1.67 bits per heavy atom. The third-order valence-corrected chi connectivity index (χ3v) is 7.91. The number of para-hydroxylation sites is 1. The first-order valence-corrected chi connectivity index (χ1v) is 14.6. The summed E-state index contributed by atoms with van der Waals surface area (Å²) in [6.07, 6.45) is 2.75. The summed E-state index contributed by atoms with van der Waals surface area (Å²) in [5.74, 6) is -0.788. The maximum atomic E-state index is 13.8. The van der Waals surface area contributed by atoms with Gasteiger partial charge >= 0.3 is 0 Å². The minimum atomic E-state index is -3.79. The summed E-state index contributed by atoms with van der Waals surface area (Å²) >= 11 is 12.3. The fourth-order valence-corrected chi connectivity index (χ4v) is 5.04. The molecule has 2 rings (SSSR count). The van der Waals surface area contributed by atoms with Crippen molar-refractivity contribution in [2.24, 2.45) is 0 Å². The van der Waals surface area contributed by atoms with Gasteiger partial charge in [-0.1, -0.05) is 68.2 Å². The Morgan fingerprint density at radius 1 is 1.00 bits per heavy atom. The van der Waals surface area contributed by atoms with Crippen LogP contribution in [0.3, 0.4) is 0 Å². The Labute approximate surface area is 224 Å². The summed E-state index contributed by atoms with van der Waals surface area (Å²) < 4.78 is 26.7. The number of rotatable bonds is 12. The number of nitrogens with one attached hydrogen (secondary N) is 1. The van der Waals surface area contributed by atoms with Crippen LogP contribution < -0.4 is 9.62 Å². The van der Waals surface area contributed by atoms with Crippen LogP contribution >= 0.6 is 23.2 Å². The molecule has 0 saturated heterocycles. The topological polar surface area (TPSA) is 86.8 Å². The lowest BCUT2D eigenvalue weighted by molar-refractivity contribution is -0.140. The van der Waals surface area contributed by atoms with Gasteiger partial charge in [-0.25, -0.2) is 8.42 Å². The van der Waals surface area contributed by atoms with Crippen molar-refractivity contribution in [3.05, 3.63) is 63.6 Å². The van der Waals surface area contributed by atoms with E-state index >= 15 is 0 Å². The van der Waals surface area contributed by atoms with Crippen LogP contribution in [-0.2, 0) is 32.6 Å². The van der Waals surface area contributed by atoms with Crippen molar-refractivity contribution in [2.75, 3.05) is 17.1 Å². The second-order valence-corrected chi connectivity index (χ2v) is 11.5. The molecule has 2 aromatic carbocycles. The van der Waals surface area contributed by atoms with E-state index in [0.29, 0.717) is 34.1 Å². The number of nitrogens with zero attached hydrogens (tertiary/aromatic N) is 2. The summed E-state index contributed by atoms with van der Waals surface area (Å²) in [6, 6.07) is 11.2. The smallest absolute Gasteiger partial charge is 0.244 e. The highest BCUT2D eigenvalue weighted by atomic mass is 35.5. The zero-order valence-electron chi connectivity index (χ0n) is 21.4.